The lowest BCUT2D eigenvalue weighted by atomic mass is 10.1. The molecule has 2 aromatic heterocycles. The van der Waals surface area contributed by atoms with E-state index in [1.165, 1.54) is 11.3 Å². The molecular weight excluding hydrogens is 350 g/mol. The van der Waals surface area contributed by atoms with Crippen molar-refractivity contribution in [1.82, 2.24) is 4.98 Å². The highest BCUT2D eigenvalue weighted by atomic mass is 32.1. The van der Waals surface area contributed by atoms with E-state index in [1.54, 1.807) is 19.1 Å². The van der Waals surface area contributed by atoms with Crippen LogP contribution in [0.2, 0.25) is 0 Å². The van der Waals surface area contributed by atoms with Gasteiger partial charge in [-0.05, 0) is 31.2 Å². The van der Waals surface area contributed by atoms with Crippen LogP contribution in [0.3, 0.4) is 0 Å². The van der Waals surface area contributed by atoms with Gasteiger partial charge in [-0.15, -0.1) is 11.3 Å². The molecule has 0 unspecified atom stereocenters. The van der Waals surface area contributed by atoms with Crippen LogP contribution in [0.4, 0.5) is 10.8 Å². The van der Waals surface area contributed by atoms with Gasteiger partial charge in [-0.2, -0.15) is 0 Å². The molecule has 0 aliphatic carbocycles. The molecule has 0 aliphatic heterocycles. The molecule has 7 heteroatoms. The van der Waals surface area contributed by atoms with E-state index in [9.17, 15) is 9.59 Å². The number of benzene rings is 1. The molecular formula is C19H19N3O3S. The van der Waals surface area contributed by atoms with Crippen LogP contribution < -0.4 is 10.6 Å². The summed E-state index contributed by atoms with van der Waals surface area (Å²) in [5.74, 6) is 0.511. The number of nitrogens with zero attached hydrogens (tertiary/aromatic N) is 1. The first-order valence-electron chi connectivity index (χ1n) is 8.17. The highest BCUT2D eigenvalue weighted by molar-refractivity contribution is 7.14. The molecule has 2 heterocycles. The molecule has 0 atom stereocenters. The lowest BCUT2D eigenvalue weighted by Gasteiger charge is -2.07. The van der Waals surface area contributed by atoms with Crippen LogP contribution in [0.25, 0.3) is 11.3 Å². The predicted molar refractivity (Wildman–Crippen MR) is 102 cm³/mol. The van der Waals surface area contributed by atoms with Crippen molar-refractivity contribution in [3.05, 3.63) is 53.3 Å². The minimum absolute atomic E-state index is 0.0235. The molecule has 2 N–H and O–H groups in total. The summed E-state index contributed by atoms with van der Waals surface area (Å²) in [5, 5.41) is 7.94. The normalized spacial score (nSPS) is 10.8. The fourth-order valence-corrected chi connectivity index (χ4v) is 2.90. The number of thiazole rings is 1. The predicted octanol–water partition coefficient (Wildman–Crippen LogP) is 4.56. The van der Waals surface area contributed by atoms with Gasteiger partial charge in [-0.3, -0.25) is 14.9 Å². The van der Waals surface area contributed by atoms with Gasteiger partial charge in [0.2, 0.25) is 5.91 Å². The maximum atomic E-state index is 12.1. The Labute approximate surface area is 155 Å². The second-order valence-electron chi connectivity index (χ2n) is 6.12. The number of aromatic nitrogens is 1. The molecule has 0 saturated carbocycles. The second-order valence-corrected chi connectivity index (χ2v) is 6.98. The fourth-order valence-electron chi connectivity index (χ4n) is 2.19. The van der Waals surface area contributed by atoms with Gasteiger partial charge in [0.15, 0.2) is 10.9 Å². The Morgan fingerprint density at radius 1 is 1.08 bits per heavy atom. The standard InChI is InChI=1S/C19H19N3O3S/c1-11(2)17(23)20-14-7-5-13(6-8-14)15-10-26-19(21-15)22-18(24)16-9-4-12(3)25-16/h4-11H,1-3H3,(H,20,23)(H,21,22,24). The van der Waals surface area contributed by atoms with Gasteiger partial charge in [0.1, 0.15) is 5.76 Å². The van der Waals surface area contributed by atoms with E-state index in [-0.39, 0.29) is 23.5 Å². The third-order valence-corrected chi connectivity index (χ3v) is 4.42. The average molecular weight is 369 g/mol. The number of amides is 2. The average Bonchev–Trinajstić information content (AvgIpc) is 3.24. The van der Waals surface area contributed by atoms with Gasteiger partial charge < -0.3 is 9.73 Å². The maximum absolute atomic E-state index is 12.1. The van der Waals surface area contributed by atoms with Gasteiger partial charge in [0.25, 0.3) is 5.91 Å². The Morgan fingerprint density at radius 2 is 1.81 bits per heavy atom. The van der Waals surface area contributed by atoms with Gasteiger partial charge in [0.05, 0.1) is 5.69 Å². The number of furan rings is 1. The monoisotopic (exact) mass is 369 g/mol. The molecule has 134 valence electrons. The summed E-state index contributed by atoms with van der Waals surface area (Å²) in [6.07, 6.45) is 0. The van der Waals surface area contributed by atoms with E-state index in [0.717, 1.165) is 16.9 Å². The molecule has 6 nitrogen and oxygen atoms in total. The third kappa shape index (κ3) is 4.18. The summed E-state index contributed by atoms with van der Waals surface area (Å²) in [6, 6.07) is 10.8. The van der Waals surface area contributed by atoms with Crippen LogP contribution >= 0.6 is 11.3 Å². The lowest BCUT2D eigenvalue weighted by molar-refractivity contribution is -0.118. The van der Waals surface area contributed by atoms with E-state index < -0.39 is 0 Å². The number of nitrogens with one attached hydrogen (secondary N) is 2. The van der Waals surface area contributed by atoms with Crippen LogP contribution in [0.15, 0.2) is 46.2 Å². The van der Waals surface area contributed by atoms with Crippen LogP contribution in [-0.4, -0.2) is 16.8 Å². The first-order chi connectivity index (χ1) is 12.4. The minimum atomic E-state index is -0.328. The van der Waals surface area contributed by atoms with E-state index >= 15 is 0 Å². The first-order valence-corrected chi connectivity index (χ1v) is 9.05. The Morgan fingerprint density at radius 3 is 2.42 bits per heavy atom. The zero-order valence-corrected chi connectivity index (χ0v) is 15.5. The Kier molecular flexibility index (Phi) is 5.18. The Hall–Kier alpha value is -2.93. The summed E-state index contributed by atoms with van der Waals surface area (Å²) in [5.41, 5.74) is 2.39. The number of carbonyl (C=O) groups is 2. The molecule has 3 rings (SSSR count). The Balaban J connectivity index is 1.67. The van der Waals surface area contributed by atoms with Crippen molar-refractivity contribution in [3.8, 4) is 11.3 Å². The van der Waals surface area contributed by atoms with Gasteiger partial charge in [-0.1, -0.05) is 26.0 Å². The summed E-state index contributed by atoms with van der Waals surface area (Å²) in [6.45, 7) is 5.48. The zero-order valence-electron chi connectivity index (χ0n) is 14.7. The molecule has 0 radical (unpaired) electrons. The summed E-state index contributed by atoms with van der Waals surface area (Å²) < 4.78 is 5.30. The Bertz CT molecular complexity index is 926. The van der Waals surface area contributed by atoms with Crippen molar-refractivity contribution < 1.29 is 14.0 Å². The topological polar surface area (TPSA) is 84.2 Å². The molecule has 0 aliphatic rings. The number of aryl methyl sites for hydroxylation is 1. The van der Waals surface area contributed by atoms with Crippen molar-refractivity contribution in [2.45, 2.75) is 20.8 Å². The molecule has 0 fully saturated rings. The highest BCUT2D eigenvalue weighted by Crippen LogP contribution is 2.26. The number of anilines is 2. The quantitative estimate of drug-likeness (QED) is 0.690. The number of hydrogen-bond donors (Lipinski definition) is 2. The second kappa shape index (κ2) is 7.53. The molecule has 0 spiro atoms. The molecule has 0 bridgehead atoms. The van der Waals surface area contributed by atoms with Crippen LogP contribution in [-0.2, 0) is 4.79 Å². The SMILES string of the molecule is Cc1ccc(C(=O)Nc2nc(-c3ccc(NC(=O)C(C)C)cc3)cs2)o1. The van der Waals surface area contributed by atoms with Crippen molar-refractivity contribution in [1.29, 1.82) is 0 Å². The van der Waals surface area contributed by atoms with Crippen LogP contribution in [0, 0.1) is 12.8 Å². The zero-order chi connectivity index (χ0) is 18.7. The maximum Gasteiger partial charge on any atom is 0.293 e. The van der Waals surface area contributed by atoms with Crippen molar-refractivity contribution >= 4 is 34.0 Å². The molecule has 1 aromatic carbocycles. The smallest absolute Gasteiger partial charge is 0.293 e. The molecule has 0 saturated heterocycles. The number of carbonyl (C=O) groups excluding carboxylic acids is 2. The fraction of sp³-hybridized carbons (Fsp3) is 0.211. The molecule has 26 heavy (non-hydrogen) atoms. The van der Waals surface area contributed by atoms with Crippen LogP contribution in [0.5, 0.6) is 0 Å². The number of hydrogen-bond acceptors (Lipinski definition) is 5. The van der Waals surface area contributed by atoms with Gasteiger partial charge >= 0.3 is 0 Å². The minimum Gasteiger partial charge on any atom is -0.456 e. The van der Waals surface area contributed by atoms with E-state index in [0.29, 0.717) is 10.9 Å². The third-order valence-electron chi connectivity index (χ3n) is 3.66. The van der Waals surface area contributed by atoms with Crippen molar-refractivity contribution in [2.24, 2.45) is 5.92 Å². The number of rotatable bonds is 5. The van der Waals surface area contributed by atoms with Crippen molar-refractivity contribution in [3.63, 3.8) is 0 Å². The van der Waals surface area contributed by atoms with Crippen LogP contribution in [0.1, 0.15) is 30.2 Å². The summed E-state index contributed by atoms with van der Waals surface area (Å²) >= 11 is 1.34. The molecule has 3 aromatic rings. The van der Waals surface area contributed by atoms with E-state index in [1.807, 2.05) is 43.5 Å². The largest absolute Gasteiger partial charge is 0.456 e. The first kappa shape index (κ1) is 17.9. The highest BCUT2D eigenvalue weighted by Gasteiger charge is 2.13. The van der Waals surface area contributed by atoms with Crippen molar-refractivity contribution in [2.75, 3.05) is 10.6 Å². The van der Waals surface area contributed by atoms with Gasteiger partial charge in [-0.25, -0.2) is 4.98 Å². The summed E-state index contributed by atoms with van der Waals surface area (Å²) in [4.78, 5) is 28.2. The van der Waals surface area contributed by atoms with Gasteiger partial charge in [0, 0.05) is 22.5 Å². The lowest BCUT2D eigenvalue weighted by Crippen LogP contribution is -2.17. The van der Waals surface area contributed by atoms with E-state index in [2.05, 4.69) is 15.6 Å². The summed E-state index contributed by atoms with van der Waals surface area (Å²) in [7, 11) is 0. The van der Waals surface area contributed by atoms with E-state index in [4.69, 9.17) is 4.42 Å². The molecule has 2 amide bonds.